The lowest BCUT2D eigenvalue weighted by Crippen LogP contribution is -2.64. The van der Waals surface area contributed by atoms with Gasteiger partial charge in [0.15, 0.2) is 5.96 Å². The molecule has 3 rings (SSSR count). The standard InChI is InChI=1S/C18H28N4O/c1-2-23-16-13-15(18(16)9-4-5-10-18)22-17(19)21-12-8-14-7-3-6-11-20-14/h3,6-7,11,15-16H,2,4-5,8-10,12-13H2,1H3,(H3,19,21,22). The lowest BCUT2D eigenvalue weighted by atomic mass is 9.60. The fourth-order valence-corrected chi connectivity index (χ4v) is 4.15. The molecule has 2 saturated carbocycles. The molecular formula is C18H28N4O. The van der Waals surface area contributed by atoms with Crippen molar-refractivity contribution in [3.8, 4) is 0 Å². The molecule has 3 N–H and O–H groups in total. The molecule has 2 unspecified atom stereocenters. The molecule has 0 bridgehead atoms. The number of hydrogen-bond donors (Lipinski definition) is 2. The Morgan fingerprint density at radius 1 is 1.43 bits per heavy atom. The third kappa shape index (κ3) is 3.50. The molecule has 23 heavy (non-hydrogen) atoms. The Kier molecular flexibility index (Phi) is 5.16. The molecule has 0 radical (unpaired) electrons. The third-order valence-electron chi connectivity index (χ3n) is 5.39. The smallest absolute Gasteiger partial charge is 0.188 e. The highest BCUT2D eigenvalue weighted by atomic mass is 16.5. The first kappa shape index (κ1) is 16.2. The molecule has 0 saturated heterocycles. The molecule has 5 heteroatoms. The van der Waals surface area contributed by atoms with Crippen molar-refractivity contribution < 1.29 is 4.74 Å². The fraction of sp³-hybridized carbons (Fsp3) is 0.667. The van der Waals surface area contributed by atoms with Gasteiger partial charge in [0, 0.05) is 42.9 Å². The molecule has 0 aromatic carbocycles. The van der Waals surface area contributed by atoms with Gasteiger partial charge in [-0.2, -0.15) is 0 Å². The quantitative estimate of drug-likeness (QED) is 0.624. The normalized spacial score (nSPS) is 26.2. The van der Waals surface area contributed by atoms with E-state index in [-0.39, 0.29) is 5.41 Å². The van der Waals surface area contributed by atoms with Crippen LogP contribution in [-0.2, 0) is 11.2 Å². The Labute approximate surface area is 138 Å². The van der Waals surface area contributed by atoms with Crippen LogP contribution >= 0.6 is 0 Å². The van der Waals surface area contributed by atoms with E-state index in [9.17, 15) is 0 Å². The highest BCUT2D eigenvalue weighted by Crippen LogP contribution is 2.54. The van der Waals surface area contributed by atoms with Crippen LogP contribution in [0.3, 0.4) is 0 Å². The third-order valence-corrected chi connectivity index (χ3v) is 5.39. The first-order valence-corrected chi connectivity index (χ1v) is 8.82. The van der Waals surface area contributed by atoms with Crippen molar-refractivity contribution in [2.45, 2.75) is 57.6 Å². The fourth-order valence-electron chi connectivity index (χ4n) is 4.15. The number of aliphatic imine (C=N–C) groups is 1. The van der Waals surface area contributed by atoms with Crippen LogP contribution < -0.4 is 11.1 Å². The van der Waals surface area contributed by atoms with E-state index in [4.69, 9.17) is 10.5 Å². The van der Waals surface area contributed by atoms with Gasteiger partial charge in [-0.3, -0.25) is 9.98 Å². The van der Waals surface area contributed by atoms with Crippen LogP contribution in [0.2, 0.25) is 0 Å². The zero-order valence-corrected chi connectivity index (χ0v) is 14.0. The highest BCUT2D eigenvalue weighted by molar-refractivity contribution is 5.78. The summed E-state index contributed by atoms with van der Waals surface area (Å²) < 4.78 is 5.94. The summed E-state index contributed by atoms with van der Waals surface area (Å²) in [4.78, 5) is 8.77. The van der Waals surface area contributed by atoms with Gasteiger partial charge in [0.2, 0.25) is 0 Å². The second kappa shape index (κ2) is 7.30. The van der Waals surface area contributed by atoms with E-state index < -0.39 is 0 Å². The minimum Gasteiger partial charge on any atom is -0.378 e. The van der Waals surface area contributed by atoms with Gasteiger partial charge in [-0.25, -0.2) is 0 Å². The van der Waals surface area contributed by atoms with Crippen molar-refractivity contribution in [1.82, 2.24) is 10.3 Å². The second-order valence-electron chi connectivity index (χ2n) is 6.65. The maximum Gasteiger partial charge on any atom is 0.188 e. The number of guanidine groups is 1. The average molecular weight is 316 g/mol. The summed E-state index contributed by atoms with van der Waals surface area (Å²) in [6, 6.07) is 6.36. The molecule has 2 aliphatic carbocycles. The summed E-state index contributed by atoms with van der Waals surface area (Å²) in [6.07, 6.45) is 9.18. The predicted octanol–water partition coefficient (Wildman–Crippen LogP) is 2.27. The number of pyridine rings is 1. The van der Waals surface area contributed by atoms with Crippen molar-refractivity contribution in [3.63, 3.8) is 0 Å². The number of hydrogen-bond acceptors (Lipinski definition) is 3. The number of nitrogens with two attached hydrogens (primary N) is 1. The predicted molar refractivity (Wildman–Crippen MR) is 92.3 cm³/mol. The second-order valence-corrected chi connectivity index (χ2v) is 6.65. The van der Waals surface area contributed by atoms with E-state index in [0.717, 1.165) is 25.1 Å². The topological polar surface area (TPSA) is 72.5 Å². The largest absolute Gasteiger partial charge is 0.378 e. The first-order valence-electron chi connectivity index (χ1n) is 8.82. The van der Waals surface area contributed by atoms with E-state index in [1.165, 1.54) is 25.7 Å². The molecule has 1 heterocycles. The maximum atomic E-state index is 6.10. The summed E-state index contributed by atoms with van der Waals surface area (Å²) in [5.41, 5.74) is 7.44. The van der Waals surface area contributed by atoms with Gasteiger partial charge in [-0.15, -0.1) is 0 Å². The maximum absolute atomic E-state index is 6.10. The van der Waals surface area contributed by atoms with E-state index >= 15 is 0 Å². The minimum absolute atomic E-state index is 0.289. The number of nitrogens with one attached hydrogen (secondary N) is 1. The van der Waals surface area contributed by atoms with Crippen LogP contribution in [0.4, 0.5) is 0 Å². The summed E-state index contributed by atoms with van der Waals surface area (Å²) in [7, 11) is 0. The summed E-state index contributed by atoms with van der Waals surface area (Å²) in [5.74, 6) is 0.562. The van der Waals surface area contributed by atoms with Crippen molar-refractivity contribution in [2.75, 3.05) is 13.2 Å². The minimum atomic E-state index is 0.289. The van der Waals surface area contributed by atoms with Gasteiger partial charge < -0.3 is 15.8 Å². The Morgan fingerprint density at radius 2 is 2.26 bits per heavy atom. The lowest BCUT2D eigenvalue weighted by molar-refractivity contribution is -0.125. The number of rotatable bonds is 6. The van der Waals surface area contributed by atoms with E-state index in [1.54, 1.807) is 0 Å². The van der Waals surface area contributed by atoms with E-state index in [0.29, 0.717) is 24.7 Å². The van der Waals surface area contributed by atoms with Gasteiger partial charge in [-0.1, -0.05) is 18.9 Å². The van der Waals surface area contributed by atoms with Gasteiger partial charge in [-0.05, 0) is 38.3 Å². The molecule has 1 aromatic heterocycles. The van der Waals surface area contributed by atoms with Crippen LogP contribution in [0.1, 0.15) is 44.7 Å². The Balaban J connectivity index is 1.51. The van der Waals surface area contributed by atoms with Gasteiger partial charge in [0.05, 0.1) is 6.10 Å². The molecule has 1 spiro atoms. The van der Waals surface area contributed by atoms with Gasteiger partial charge in [0.25, 0.3) is 0 Å². The number of ether oxygens (including phenoxy) is 1. The summed E-state index contributed by atoms with van der Waals surface area (Å²) in [5, 5.41) is 3.45. The van der Waals surface area contributed by atoms with Crippen LogP contribution in [0, 0.1) is 5.41 Å². The van der Waals surface area contributed by atoms with Gasteiger partial charge in [0.1, 0.15) is 0 Å². The Morgan fingerprint density at radius 3 is 2.96 bits per heavy atom. The van der Waals surface area contributed by atoms with E-state index in [2.05, 4.69) is 22.2 Å². The molecule has 2 fully saturated rings. The number of nitrogens with zero attached hydrogens (tertiary/aromatic N) is 2. The summed E-state index contributed by atoms with van der Waals surface area (Å²) in [6.45, 7) is 3.55. The van der Waals surface area contributed by atoms with Crippen LogP contribution in [0.5, 0.6) is 0 Å². The molecule has 1 aromatic rings. The lowest BCUT2D eigenvalue weighted by Gasteiger charge is -2.54. The molecular weight excluding hydrogens is 288 g/mol. The number of aromatic nitrogens is 1. The zero-order valence-electron chi connectivity index (χ0n) is 14.0. The molecule has 2 atom stereocenters. The first-order chi connectivity index (χ1) is 11.2. The monoisotopic (exact) mass is 316 g/mol. The Hall–Kier alpha value is -1.62. The zero-order chi connectivity index (χ0) is 16.1. The van der Waals surface area contributed by atoms with Gasteiger partial charge >= 0.3 is 0 Å². The van der Waals surface area contributed by atoms with Crippen molar-refractivity contribution >= 4 is 5.96 Å². The molecule has 126 valence electrons. The van der Waals surface area contributed by atoms with Crippen LogP contribution in [0.15, 0.2) is 29.4 Å². The Bertz CT molecular complexity index is 525. The van der Waals surface area contributed by atoms with Crippen LogP contribution in [0.25, 0.3) is 0 Å². The SMILES string of the molecule is CCOC1CC(NC(N)=NCCc2ccccn2)C12CCCC2. The average Bonchev–Trinajstić information content (AvgIpc) is 3.08. The van der Waals surface area contributed by atoms with Crippen LogP contribution in [-0.4, -0.2) is 36.2 Å². The molecule has 0 aliphatic heterocycles. The highest BCUT2D eigenvalue weighted by Gasteiger charge is 2.56. The van der Waals surface area contributed by atoms with Crippen molar-refractivity contribution in [1.29, 1.82) is 0 Å². The molecule has 5 nitrogen and oxygen atoms in total. The van der Waals surface area contributed by atoms with E-state index in [1.807, 2.05) is 24.4 Å². The van der Waals surface area contributed by atoms with Crippen molar-refractivity contribution in [2.24, 2.45) is 16.1 Å². The molecule has 0 amide bonds. The molecule has 2 aliphatic rings. The van der Waals surface area contributed by atoms with Crippen molar-refractivity contribution in [3.05, 3.63) is 30.1 Å². The summed E-state index contributed by atoms with van der Waals surface area (Å²) >= 11 is 0.